The third-order valence-corrected chi connectivity index (χ3v) is 3.79. The fourth-order valence-corrected chi connectivity index (χ4v) is 2.39. The highest BCUT2D eigenvalue weighted by molar-refractivity contribution is 5.86. The van der Waals surface area contributed by atoms with Crippen molar-refractivity contribution >= 4 is 17.9 Å². The van der Waals surface area contributed by atoms with Crippen molar-refractivity contribution in [3.05, 3.63) is 48.0 Å². The molecular formula is C20H29N3O4. The van der Waals surface area contributed by atoms with Crippen LogP contribution >= 0.6 is 0 Å². The molecule has 0 fully saturated rings. The third-order valence-electron chi connectivity index (χ3n) is 3.79. The van der Waals surface area contributed by atoms with Crippen LogP contribution in [0.5, 0.6) is 0 Å². The average Bonchev–Trinajstić information content (AvgIpc) is 2.62. The van der Waals surface area contributed by atoms with E-state index in [0.29, 0.717) is 25.8 Å². The van der Waals surface area contributed by atoms with E-state index in [2.05, 4.69) is 17.2 Å². The summed E-state index contributed by atoms with van der Waals surface area (Å²) in [5.41, 5.74) is 6.98. The first-order valence-corrected chi connectivity index (χ1v) is 9.06. The van der Waals surface area contributed by atoms with Crippen LogP contribution in [0.2, 0.25) is 0 Å². The molecular weight excluding hydrogens is 346 g/mol. The molecule has 148 valence electrons. The highest BCUT2D eigenvalue weighted by atomic mass is 16.5. The minimum absolute atomic E-state index is 0.213. The summed E-state index contributed by atoms with van der Waals surface area (Å²) in [6.07, 6.45) is 2.35. The summed E-state index contributed by atoms with van der Waals surface area (Å²) in [5, 5.41) is 5.30. The van der Waals surface area contributed by atoms with E-state index in [9.17, 15) is 14.4 Å². The number of rotatable bonds is 12. The van der Waals surface area contributed by atoms with Gasteiger partial charge in [0.25, 0.3) is 0 Å². The number of ether oxygens (including phenoxy) is 1. The molecule has 0 saturated carbocycles. The van der Waals surface area contributed by atoms with Gasteiger partial charge in [-0.05, 0) is 31.7 Å². The second-order valence-corrected chi connectivity index (χ2v) is 6.48. The predicted octanol–water partition coefficient (Wildman–Crippen LogP) is 2.41. The Hall–Kier alpha value is -2.83. The van der Waals surface area contributed by atoms with Crippen LogP contribution in [0, 0.1) is 0 Å². The zero-order valence-corrected chi connectivity index (χ0v) is 15.8. The van der Waals surface area contributed by atoms with Crippen LogP contribution in [0.25, 0.3) is 0 Å². The lowest BCUT2D eigenvalue weighted by molar-refractivity contribution is -0.127. The van der Waals surface area contributed by atoms with Crippen molar-refractivity contribution < 1.29 is 19.1 Å². The van der Waals surface area contributed by atoms with Crippen molar-refractivity contribution in [2.75, 3.05) is 6.54 Å². The summed E-state index contributed by atoms with van der Waals surface area (Å²) < 4.78 is 5.11. The van der Waals surface area contributed by atoms with Crippen molar-refractivity contribution in [2.45, 2.75) is 51.7 Å². The summed E-state index contributed by atoms with van der Waals surface area (Å²) in [6.45, 7) is 6.21. The maximum atomic E-state index is 11.9. The Morgan fingerprint density at radius 3 is 2.48 bits per heavy atom. The van der Waals surface area contributed by atoms with Gasteiger partial charge < -0.3 is 21.1 Å². The van der Waals surface area contributed by atoms with Crippen LogP contribution in [0.1, 0.15) is 44.6 Å². The molecule has 0 spiro atoms. The predicted molar refractivity (Wildman–Crippen MR) is 104 cm³/mol. The Bertz CT molecular complexity index is 631. The van der Waals surface area contributed by atoms with E-state index in [0.717, 1.165) is 24.0 Å². The zero-order chi connectivity index (χ0) is 20.1. The number of benzene rings is 1. The molecule has 27 heavy (non-hydrogen) atoms. The molecule has 0 aliphatic heterocycles. The van der Waals surface area contributed by atoms with Gasteiger partial charge >= 0.3 is 6.09 Å². The van der Waals surface area contributed by atoms with E-state index >= 15 is 0 Å². The molecule has 0 aliphatic rings. The highest BCUT2D eigenvalue weighted by Crippen LogP contribution is 2.04. The van der Waals surface area contributed by atoms with Crippen LogP contribution < -0.4 is 16.4 Å². The van der Waals surface area contributed by atoms with Gasteiger partial charge in [-0.2, -0.15) is 0 Å². The molecule has 7 heteroatoms. The molecule has 1 aromatic carbocycles. The third kappa shape index (κ3) is 10.7. The number of hydrogen-bond acceptors (Lipinski definition) is 4. The molecule has 0 saturated heterocycles. The Morgan fingerprint density at radius 1 is 1.15 bits per heavy atom. The Balaban J connectivity index is 2.08. The topological polar surface area (TPSA) is 111 Å². The molecule has 0 bridgehead atoms. The molecule has 0 radical (unpaired) electrons. The van der Waals surface area contributed by atoms with E-state index < -0.39 is 18.0 Å². The normalized spacial score (nSPS) is 11.3. The maximum Gasteiger partial charge on any atom is 0.407 e. The molecule has 0 unspecified atom stereocenters. The van der Waals surface area contributed by atoms with Crippen LogP contribution in [-0.2, 0) is 20.9 Å². The SMILES string of the molecule is C=C(C)C[C@H](NC(=O)CCCCCNC(=O)OCc1ccccc1)C(N)=O. The van der Waals surface area contributed by atoms with E-state index in [4.69, 9.17) is 10.5 Å². The molecule has 1 aromatic rings. The van der Waals surface area contributed by atoms with Crippen LogP contribution in [0.3, 0.4) is 0 Å². The first-order valence-electron chi connectivity index (χ1n) is 9.06. The summed E-state index contributed by atoms with van der Waals surface area (Å²) in [5.74, 6) is -0.778. The second kappa shape index (κ2) is 12.5. The quantitative estimate of drug-likeness (QED) is 0.385. The van der Waals surface area contributed by atoms with Crippen LogP contribution in [0.15, 0.2) is 42.5 Å². The maximum absolute atomic E-state index is 11.9. The van der Waals surface area contributed by atoms with Crippen molar-refractivity contribution in [1.82, 2.24) is 10.6 Å². The Morgan fingerprint density at radius 2 is 1.85 bits per heavy atom. The van der Waals surface area contributed by atoms with Gasteiger partial charge in [0.2, 0.25) is 11.8 Å². The highest BCUT2D eigenvalue weighted by Gasteiger charge is 2.17. The van der Waals surface area contributed by atoms with E-state index in [1.165, 1.54) is 0 Å². The number of primary amides is 1. The van der Waals surface area contributed by atoms with E-state index in [-0.39, 0.29) is 12.5 Å². The average molecular weight is 375 g/mol. The van der Waals surface area contributed by atoms with Gasteiger partial charge in [0.05, 0.1) is 0 Å². The first-order chi connectivity index (χ1) is 12.9. The molecule has 1 rings (SSSR count). The molecule has 4 N–H and O–H groups in total. The number of nitrogens with one attached hydrogen (secondary N) is 2. The van der Waals surface area contributed by atoms with Crippen molar-refractivity contribution in [2.24, 2.45) is 5.73 Å². The molecule has 1 atom stereocenters. The van der Waals surface area contributed by atoms with Crippen molar-refractivity contribution in [3.8, 4) is 0 Å². The van der Waals surface area contributed by atoms with Gasteiger partial charge in [0.1, 0.15) is 12.6 Å². The Labute approximate surface area is 160 Å². The Kier molecular flexibility index (Phi) is 10.3. The number of unbranched alkanes of at least 4 members (excludes halogenated alkanes) is 2. The monoisotopic (exact) mass is 375 g/mol. The van der Waals surface area contributed by atoms with E-state index in [1.54, 1.807) is 6.92 Å². The molecule has 0 heterocycles. The number of carbonyl (C=O) groups is 3. The standard InChI is InChI=1S/C20H29N3O4/c1-15(2)13-17(19(21)25)23-18(24)11-7-4-8-12-22-20(26)27-14-16-9-5-3-6-10-16/h3,5-6,9-10,17H,1,4,7-8,11-14H2,2H3,(H2,21,25)(H,22,26)(H,23,24)/t17-/m0/s1. The lowest BCUT2D eigenvalue weighted by atomic mass is 10.1. The fourth-order valence-electron chi connectivity index (χ4n) is 2.39. The summed E-state index contributed by atoms with van der Waals surface area (Å²) in [4.78, 5) is 34.8. The molecule has 0 aromatic heterocycles. The zero-order valence-electron chi connectivity index (χ0n) is 15.8. The van der Waals surface area contributed by atoms with Crippen molar-refractivity contribution in [1.29, 1.82) is 0 Å². The summed E-state index contributed by atoms with van der Waals surface area (Å²) in [7, 11) is 0. The second-order valence-electron chi connectivity index (χ2n) is 6.48. The largest absolute Gasteiger partial charge is 0.445 e. The number of amides is 3. The van der Waals surface area contributed by atoms with Crippen LogP contribution in [-0.4, -0.2) is 30.5 Å². The van der Waals surface area contributed by atoms with Gasteiger partial charge in [0.15, 0.2) is 0 Å². The fraction of sp³-hybridized carbons (Fsp3) is 0.450. The van der Waals surface area contributed by atoms with Gasteiger partial charge in [0, 0.05) is 13.0 Å². The van der Waals surface area contributed by atoms with Gasteiger partial charge in [-0.15, -0.1) is 6.58 Å². The first kappa shape index (κ1) is 22.2. The molecule has 3 amide bonds. The van der Waals surface area contributed by atoms with E-state index in [1.807, 2.05) is 30.3 Å². The number of hydrogen-bond donors (Lipinski definition) is 3. The van der Waals surface area contributed by atoms with Crippen LogP contribution in [0.4, 0.5) is 4.79 Å². The minimum Gasteiger partial charge on any atom is -0.445 e. The smallest absolute Gasteiger partial charge is 0.407 e. The molecule has 0 aliphatic carbocycles. The summed E-state index contributed by atoms with van der Waals surface area (Å²) in [6, 6.07) is 8.73. The van der Waals surface area contributed by atoms with Gasteiger partial charge in [-0.3, -0.25) is 9.59 Å². The van der Waals surface area contributed by atoms with Gasteiger partial charge in [-0.25, -0.2) is 4.79 Å². The minimum atomic E-state index is -0.712. The number of alkyl carbamates (subject to hydrolysis) is 1. The summed E-state index contributed by atoms with van der Waals surface area (Å²) >= 11 is 0. The number of carbonyl (C=O) groups excluding carboxylic acids is 3. The molecule has 7 nitrogen and oxygen atoms in total. The van der Waals surface area contributed by atoms with Crippen molar-refractivity contribution in [3.63, 3.8) is 0 Å². The lowest BCUT2D eigenvalue weighted by Gasteiger charge is -2.15. The lowest BCUT2D eigenvalue weighted by Crippen LogP contribution is -2.44. The van der Waals surface area contributed by atoms with Gasteiger partial charge in [-0.1, -0.05) is 42.3 Å². The number of nitrogens with two attached hydrogens (primary N) is 1.